The van der Waals surface area contributed by atoms with Gasteiger partial charge < -0.3 is 20.5 Å². The lowest BCUT2D eigenvalue weighted by atomic mass is 10.0. The van der Waals surface area contributed by atoms with Gasteiger partial charge in [0.1, 0.15) is 12.4 Å². The van der Waals surface area contributed by atoms with E-state index in [1.807, 2.05) is 6.92 Å². The monoisotopic (exact) mass is 282 g/mol. The first kappa shape index (κ1) is 14.4. The molecule has 1 aliphatic rings. The minimum atomic E-state index is -1.23. The predicted octanol–water partition coefficient (Wildman–Crippen LogP) is 0.841. The van der Waals surface area contributed by atoms with Gasteiger partial charge in [-0.15, -0.1) is 0 Å². The van der Waals surface area contributed by atoms with Crippen molar-refractivity contribution >= 4 is 17.6 Å². The third-order valence-electron chi connectivity index (χ3n) is 3.04. The molecule has 1 aromatic rings. The number of hydrogen-bond acceptors (Lipinski definition) is 4. The van der Waals surface area contributed by atoms with E-state index in [9.17, 15) is 14.0 Å². The number of carboxylic acids is 1. The van der Waals surface area contributed by atoms with Gasteiger partial charge in [-0.1, -0.05) is 0 Å². The first-order valence-electron chi connectivity index (χ1n) is 6.07. The Morgan fingerprint density at radius 1 is 1.50 bits per heavy atom. The highest BCUT2D eigenvalue weighted by Crippen LogP contribution is 2.17. The van der Waals surface area contributed by atoms with E-state index in [-0.39, 0.29) is 23.5 Å². The Hall–Kier alpha value is -1.99. The van der Waals surface area contributed by atoms with E-state index in [1.165, 1.54) is 12.1 Å². The van der Waals surface area contributed by atoms with Crippen LogP contribution in [0.25, 0.3) is 0 Å². The van der Waals surface area contributed by atoms with Crippen molar-refractivity contribution in [2.75, 3.05) is 25.0 Å². The Labute approximate surface area is 114 Å². The van der Waals surface area contributed by atoms with Crippen LogP contribution in [-0.2, 0) is 9.53 Å². The Morgan fingerprint density at radius 3 is 2.70 bits per heavy atom. The number of halogens is 1. The van der Waals surface area contributed by atoms with E-state index in [0.717, 1.165) is 6.07 Å². The number of rotatable bonds is 5. The Kier molecular flexibility index (Phi) is 4.01. The second-order valence-electron chi connectivity index (χ2n) is 4.89. The van der Waals surface area contributed by atoms with Gasteiger partial charge in [0, 0.05) is 13.1 Å². The molecule has 2 rings (SSSR count). The van der Waals surface area contributed by atoms with Crippen molar-refractivity contribution in [1.29, 1.82) is 0 Å². The van der Waals surface area contributed by atoms with E-state index in [0.29, 0.717) is 13.1 Å². The standard InChI is InChI=1S/C13H15FN2O4/c1-13(6-15-7-13)20-5-11(17)16-10-3-2-8(12(18)19)4-9(10)14/h2-4,15H,5-7H2,1H3,(H,16,17)(H,18,19). The van der Waals surface area contributed by atoms with Gasteiger partial charge in [0.25, 0.3) is 0 Å². The van der Waals surface area contributed by atoms with Gasteiger partial charge in [0.2, 0.25) is 5.91 Å². The molecule has 1 amide bonds. The topological polar surface area (TPSA) is 87.7 Å². The molecule has 1 fully saturated rings. The van der Waals surface area contributed by atoms with E-state index in [4.69, 9.17) is 9.84 Å². The highest BCUT2D eigenvalue weighted by molar-refractivity contribution is 5.93. The molecular weight excluding hydrogens is 267 g/mol. The second-order valence-corrected chi connectivity index (χ2v) is 4.89. The Balaban J connectivity index is 1.92. The van der Waals surface area contributed by atoms with Crippen LogP contribution in [0.15, 0.2) is 18.2 Å². The summed E-state index contributed by atoms with van der Waals surface area (Å²) in [6.07, 6.45) is 0. The van der Waals surface area contributed by atoms with E-state index in [1.54, 1.807) is 0 Å². The summed E-state index contributed by atoms with van der Waals surface area (Å²) >= 11 is 0. The minimum Gasteiger partial charge on any atom is -0.478 e. The van der Waals surface area contributed by atoms with Gasteiger partial charge in [-0.2, -0.15) is 0 Å². The summed E-state index contributed by atoms with van der Waals surface area (Å²) in [7, 11) is 0. The third kappa shape index (κ3) is 3.31. The quantitative estimate of drug-likeness (QED) is 0.745. The van der Waals surface area contributed by atoms with Gasteiger partial charge in [0.05, 0.1) is 16.9 Å². The molecule has 1 aromatic carbocycles. The molecule has 1 aliphatic heterocycles. The van der Waals surface area contributed by atoms with Gasteiger partial charge in [-0.05, 0) is 25.1 Å². The normalized spacial score (nSPS) is 16.3. The molecule has 0 unspecified atom stereocenters. The highest BCUT2D eigenvalue weighted by atomic mass is 19.1. The van der Waals surface area contributed by atoms with Gasteiger partial charge in [0.15, 0.2) is 0 Å². The maximum Gasteiger partial charge on any atom is 0.335 e. The van der Waals surface area contributed by atoms with Gasteiger partial charge in [-0.25, -0.2) is 9.18 Å². The molecule has 6 nitrogen and oxygen atoms in total. The van der Waals surface area contributed by atoms with Crippen molar-refractivity contribution in [3.63, 3.8) is 0 Å². The first-order chi connectivity index (χ1) is 9.39. The maximum atomic E-state index is 13.6. The Bertz CT molecular complexity index is 543. The van der Waals surface area contributed by atoms with Crippen molar-refractivity contribution in [3.05, 3.63) is 29.6 Å². The number of amides is 1. The van der Waals surface area contributed by atoms with Crippen LogP contribution in [0.2, 0.25) is 0 Å². The lowest BCUT2D eigenvalue weighted by molar-refractivity contribution is -0.130. The number of hydrogen-bond donors (Lipinski definition) is 3. The number of carbonyl (C=O) groups excluding carboxylic acids is 1. The van der Waals surface area contributed by atoms with Crippen molar-refractivity contribution < 1.29 is 23.8 Å². The fourth-order valence-corrected chi connectivity index (χ4v) is 1.75. The zero-order valence-corrected chi connectivity index (χ0v) is 10.9. The van der Waals surface area contributed by atoms with Crippen molar-refractivity contribution in [2.24, 2.45) is 0 Å². The fraction of sp³-hybridized carbons (Fsp3) is 0.385. The number of aromatic carboxylic acids is 1. The van der Waals surface area contributed by atoms with Crippen molar-refractivity contribution in [3.8, 4) is 0 Å². The average molecular weight is 282 g/mol. The number of carbonyl (C=O) groups is 2. The lowest BCUT2D eigenvalue weighted by Crippen LogP contribution is -2.59. The van der Waals surface area contributed by atoms with Crippen LogP contribution in [0.5, 0.6) is 0 Å². The van der Waals surface area contributed by atoms with E-state index in [2.05, 4.69) is 10.6 Å². The number of ether oxygens (including phenoxy) is 1. The number of anilines is 1. The summed E-state index contributed by atoms with van der Waals surface area (Å²) in [6, 6.07) is 3.29. The molecule has 0 aromatic heterocycles. The van der Waals surface area contributed by atoms with Crippen LogP contribution in [0.1, 0.15) is 17.3 Å². The van der Waals surface area contributed by atoms with Crippen molar-refractivity contribution in [1.82, 2.24) is 5.32 Å². The molecule has 0 bridgehead atoms. The molecule has 108 valence electrons. The molecule has 0 atom stereocenters. The molecule has 3 N–H and O–H groups in total. The summed E-state index contributed by atoms with van der Waals surface area (Å²) in [6.45, 7) is 3.03. The molecule has 1 saturated heterocycles. The summed E-state index contributed by atoms with van der Waals surface area (Å²) in [4.78, 5) is 22.3. The first-order valence-corrected chi connectivity index (χ1v) is 6.07. The molecule has 0 aliphatic carbocycles. The number of benzene rings is 1. The summed E-state index contributed by atoms with van der Waals surface area (Å²) in [5.41, 5.74) is -0.603. The molecule has 0 saturated carbocycles. The summed E-state index contributed by atoms with van der Waals surface area (Å²) in [5, 5.41) is 14.1. The predicted molar refractivity (Wildman–Crippen MR) is 69.2 cm³/mol. The van der Waals surface area contributed by atoms with Crippen LogP contribution in [0, 0.1) is 5.82 Å². The van der Waals surface area contributed by atoms with E-state index < -0.39 is 17.7 Å². The molecular formula is C13H15FN2O4. The molecule has 0 radical (unpaired) electrons. The van der Waals surface area contributed by atoms with Crippen molar-refractivity contribution in [2.45, 2.75) is 12.5 Å². The average Bonchev–Trinajstić information content (AvgIpc) is 2.36. The fourth-order valence-electron chi connectivity index (χ4n) is 1.75. The molecule has 0 spiro atoms. The second kappa shape index (κ2) is 5.56. The molecule has 20 heavy (non-hydrogen) atoms. The molecule has 7 heteroatoms. The van der Waals surface area contributed by atoms with Crippen LogP contribution in [0.4, 0.5) is 10.1 Å². The largest absolute Gasteiger partial charge is 0.478 e. The highest BCUT2D eigenvalue weighted by Gasteiger charge is 2.33. The van der Waals surface area contributed by atoms with Crippen LogP contribution in [-0.4, -0.2) is 42.3 Å². The minimum absolute atomic E-state index is 0.0690. The zero-order valence-electron chi connectivity index (χ0n) is 10.9. The van der Waals surface area contributed by atoms with Crippen LogP contribution >= 0.6 is 0 Å². The SMILES string of the molecule is CC1(OCC(=O)Nc2ccc(C(=O)O)cc2F)CNC1. The van der Waals surface area contributed by atoms with Crippen LogP contribution in [0.3, 0.4) is 0 Å². The Morgan fingerprint density at radius 2 is 2.20 bits per heavy atom. The van der Waals surface area contributed by atoms with Gasteiger partial charge in [-0.3, -0.25) is 4.79 Å². The number of carboxylic acid groups (broad SMARTS) is 1. The lowest BCUT2D eigenvalue weighted by Gasteiger charge is -2.38. The van der Waals surface area contributed by atoms with Crippen LogP contribution < -0.4 is 10.6 Å². The van der Waals surface area contributed by atoms with Gasteiger partial charge >= 0.3 is 5.97 Å². The third-order valence-corrected chi connectivity index (χ3v) is 3.04. The number of nitrogens with one attached hydrogen (secondary N) is 2. The smallest absolute Gasteiger partial charge is 0.335 e. The maximum absolute atomic E-state index is 13.6. The summed E-state index contributed by atoms with van der Waals surface area (Å²) < 4.78 is 19.0. The van der Waals surface area contributed by atoms with E-state index >= 15 is 0 Å². The summed E-state index contributed by atoms with van der Waals surface area (Å²) in [5.74, 6) is -2.51. The molecule has 1 heterocycles. The zero-order chi connectivity index (χ0) is 14.8.